The molecule has 0 amide bonds. The molecule has 0 aliphatic heterocycles. The van der Waals surface area contributed by atoms with Crippen LogP contribution in [0.1, 0.15) is 0 Å². The molecular formula is C4H3NO2. The Morgan fingerprint density at radius 2 is 1.71 bits per heavy atom. The second-order valence-electron chi connectivity index (χ2n) is 0.417. The van der Waals surface area contributed by atoms with Crippen LogP contribution < -0.4 is 0 Å². The number of nitriles is 1. The van der Waals surface area contributed by atoms with Gasteiger partial charge in [0.2, 0.25) is 0 Å². The normalized spacial score (nSPS) is 3.29. The van der Waals surface area contributed by atoms with Gasteiger partial charge in [0.05, 0.1) is 6.07 Å². The van der Waals surface area contributed by atoms with Gasteiger partial charge in [0.25, 0.3) is 0 Å². The van der Waals surface area contributed by atoms with Crippen molar-refractivity contribution >= 4 is 6.15 Å². The lowest BCUT2D eigenvalue weighted by molar-refractivity contribution is -0.191. The molecule has 0 aromatic rings. The van der Waals surface area contributed by atoms with E-state index < -0.39 is 0 Å². The Kier molecular flexibility index (Phi) is 30.3. The molecule has 0 aliphatic rings. The number of carbonyl (C=O) groups excluding carboxylic acids is 2. The van der Waals surface area contributed by atoms with Crippen molar-refractivity contribution in [2.45, 2.75) is 0 Å². The fourth-order valence-corrected chi connectivity index (χ4v) is 0. The van der Waals surface area contributed by atoms with E-state index in [-0.39, 0.29) is 6.15 Å². The first kappa shape index (κ1) is 9.15. The van der Waals surface area contributed by atoms with Gasteiger partial charge in [-0.05, 0) is 0 Å². The second-order valence-corrected chi connectivity index (χ2v) is 0.417. The van der Waals surface area contributed by atoms with Crippen LogP contribution >= 0.6 is 0 Å². The summed E-state index contributed by atoms with van der Waals surface area (Å²) in [6.07, 6.45) is 1.43. The van der Waals surface area contributed by atoms with E-state index in [0.29, 0.717) is 0 Å². The molecule has 7 heavy (non-hydrogen) atoms. The highest BCUT2D eigenvalue weighted by molar-refractivity contribution is 5.20. The fraction of sp³-hybridized carbons (Fsp3) is 0. The summed E-state index contributed by atoms with van der Waals surface area (Å²) in [7, 11) is 0. The zero-order valence-corrected chi connectivity index (χ0v) is 3.55. The van der Waals surface area contributed by atoms with Crippen molar-refractivity contribution in [3.05, 3.63) is 12.7 Å². The molecule has 0 aromatic heterocycles. The van der Waals surface area contributed by atoms with Gasteiger partial charge in [-0.2, -0.15) is 14.9 Å². The van der Waals surface area contributed by atoms with E-state index in [2.05, 4.69) is 6.58 Å². The van der Waals surface area contributed by atoms with Crippen LogP contribution in [0.2, 0.25) is 0 Å². The number of hydrogen-bond donors (Lipinski definition) is 0. The first-order chi connectivity index (χ1) is 3.33. The van der Waals surface area contributed by atoms with Crippen LogP contribution in [0, 0.1) is 11.3 Å². The molecule has 3 heteroatoms. The zero-order chi connectivity index (χ0) is 6.12. The summed E-state index contributed by atoms with van der Waals surface area (Å²) in [5.74, 6) is 0. The molecule has 0 atom stereocenters. The Morgan fingerprint density at radius 1 is 1.57 bits per heavy atom. The molecule has 0 radical (unpaired) electrons. The van der Waals surface area contributed by atoms with Gasteiger partial charge in [0, 0.05) is 6.08 Å². The Bertz CT molecular complexity index is 105. The minimum atomic E-state index is 0.250. The summed E-state index contributed by atoms with van der Waals surface area (Å²) < 4.78 is 0. The number of hydrogen-bond acceptors (Lipinski definition) is 3. The molecule has 3 nitrogen and oxygen atoms in total. The Labute approximate surface area is 40.9 Å². The highest BCUT2D eigenvalue weighted by Gasteiger charge is 1.34. The van der Waals surface area contributed by atoms with Gasteiger partial charge >= 0.3 is 6.15 Å². The van der Waals surface area contributed by atoms with Crippen molar-refractivity contribution in [3.63, 3.8) is 0 Å². The van der Waals surface area contributed by atoms with Crippen molar-refractivity contribution in [1.82, 2.24) is 0 Å². The molecule has 36 valence electrons. The van der Waals surface area contributed by atoms with Crippen molar-refractivity contribution in [2.75, 3.05) is 0 Å². The second kappa shape index (κ2) is 23.2. The first-order valence-electron chi connectivity index (χ1n) is 1.33. The summed E-state index contributed by atoms with van der Waals surface area (Å²) >= 11 is 0. The van der Waals surface area contributed by atoms with E-state index in [4.69, 9.17) is 14.9 Å². The van der Waals surface area contributed by atoms with Crippen LogP contribution in [0.15, 0.2) is 12.7 Å². The zero-order valence-electron chi connectivity index (χ0n) is 3.55. The van der Waals surface area contributed by atoms with Crippen molar-refractivity contribution in [2.24, 2.45) is 0 Å². The average Bonchev–Trinajstić information content (AvgIpc) is 1.69. The maximum atomic E-state index is 8.12. The molecule has 0 N–H and O–H groups in total. The van der Waals surface area contributed by atoms with E-state index in [9.17, 15) is 0 Å². The lowest BCUT2D eigenvalue weighted by Gasteiger charge is -1.31. The van der Waals surface area contributed by atoms with Crippen molar-refractivity contribution in [3.8, 4) is 6.07 Å². The van der Waals surface area contributed by atoms with Crippen LogP contribution in [0.25, 0.3) is 0 Å². The van der Waals surface area contributed by atoms with Gasteiger partial charge in [0.15, 0.2) is 0 Å². The minimum Gasteiger partial charge on any atom is -0.193 e. The molecule has 0 fully saturated rings. The van der Waals surface area contributed by atoms with E-state index in [1.807, 2.05) is 0 Å². The SMILES string of the molecule is C=CC#N.O=C=O. The first-order valence-corrected chi connectivity index (χ1v) is 1.33. The number of allylic oxidation sites excluding steroid dienone is 1. The highest BCUT2D eigenvalue weighted by atomic mass is 16.2. The van der Waals surface area contributed by atoms with Crippen molar-refractivity contribution in [1.29, 1.82) is 5.26 Å². The third-order valence-corrected chi connectivity index (χ3v) is 0.0913. The van der Waals surface area contributed by atoms with Crippen LogP contribution in [0.5, 0.6) is 0 Å². The lowest BCUT2D eigenvalue weighted by Crippen LogP contribution is -1.23. The van der Waals surface area contributed by atoms with E-state index in [0.717, 1.165) is 0 Å². The standard InChI is InChI=1S/C3H3N.CO2/c1-2-3-4;2-1-3/h2H,1H2;. The van der Waals surface area contributed by atoms with Gasteiger partial charge in [-0.15, -0.1) is 0 Å². The van der Waals surface area contributed by atoms with Crippen molar-refractivity contribution < 1.29 is 9.59 Å². The third-order valence-electron chi connectivity index (χ3n) is 0.0913. The van der Waals surface area contributed by atoms with Gasteiger partial charge in [-0.3, -0.25) is 0 Å². The largest absolute Gasteiger partial charge is 0.373 e. The monoisotopic (exact) mass is 97.0 g/mol. The molecule has 0 aromatic carbocycles. The number of rotatable bonds is 0. The van der Waals surface area contributed by atoms with E-state index in [1.54, 1.807) is 6.07 Å². The molecule has 0 rings (SSSR count). The predicted molar refractivity (Wildman–Crippen MR) is 20.8 cm³/mol. The molecule has 0 spiro atoms. The molecular weight excluding hydrogens is 94.0 g/mol. The molecule has 0 unspecified atom stereocenters. The van der Waals surface area contributed by atoms with E-state index in [1.165, 1.54) is 6.08 Å². The minimum absolute atomic E-state index is 0.250. The van der Waals surface area contributed by atoms with Crippen LogP contribution in [0.4, 0.5) is 0 Å². The molecule has 0 heterocycles. The molecule has 0 bridgehead atoms. The Morgan fingerprint density at radius 3 is 1.71 bits per heavy atom. The maximum absolute atomic E-state index is 8.12. The number of nitrogens with zero attached hydrogens (tertiary/aromatic N) is 1. The smallest absolute Gasteiger partial charge is 0.193 e. The van der Waals surface area contributed by atoms with E-state index >= 15 is 0 Å². The third kappa shape index (κ3) is 206. The fourth-order valence-electron chi connectivity index (χ4n) is 0. The quantitative estimate of drug-likeness (QED) is 0.403. The maximum Gasteiger partial charge on any atom is 0.373 e. The Hall–Kier alpha value is -1.39. The summed E-state index contributed by atoms with van der Waals surface area (Å²) in [5, 5.41) is 7.51. The van der Waals surface area contributed by atoms with Gasteiger partial charge in [-0.25, -0.2) is 0 Å². The van der Waals surface area contributed by atoms with Gasteiger partial charge < -0.3 is 0 Å². The van der Waals surface area contributed by atoms with Crippen LogP contribution in [-0.2, 0) is 9.59 Å². The van der Waals surface area contributed by atoms with Crippen LogP contribution in [0.3, 0.4) is 0 Å². The molecule has 0 aliphatic carbocycles. The summed E-state index contributed by atoms with van der Waals surface area (Å²) in [6.45, 7) is 3.12. The summed E-state index contributed by atoms with van der Waals surface area (Å²) in [4.78, 5) is 16.2. The Balaban J connectivity index is 0. The highest BCUT2D eigenvalue weighted by Crippen LogP contribution is 1.41. The van der Waals surface area contributed by atoms with Gasteiger partial charge in [-0.1, -0.05) is 6.58 Å². The average molecular weight is 97.1 g/mol. The summed E-state index contributed by atoms with van der Waals surface area (Å²) in [6, 6.07) is 1.69. The van der Waals surface area contributed by atoms with Gasteiger partial charge in [0.1, 0.15) is 0 Å². The summed E-state index contributed by atoms with van der Waals surface area (Å²) in [5.41, 5.74) is 0. The van der Waals surface area contributed by atoms with Crippen LogP contribution in [-0.4, -0.2) is 6.15 Å². The topological polar surface area (TPSA) is 57.9 Å². The lowest BCUT2D eigenvalue weighted by atomic mass is 10.8. The molecule has 0 saturated carbocycles. The predicted octanol–water partition coefficient (Wildman–Crippen LogP) is 0.112. The molecule has 0 saturated heterocycles.